The van der Waals surface area contributed by atoms with Crippen molar-refractivity contribution in [3.63, 3.8) is 0 Å². The summed E-state index contributed by atoms with van der Waals surface area (Å²) in [6, 6.07) is 101. The molecular formula is C116H112BBr2N3O2. The second-order valence-corrected chi connectivity index (χ2v) is 43.4. The molecular weight excluding hydrogens is 1640 g/mol. The fourth-order valence-electron chi connectivity index (χ4n) is 26.6. The average Bonchev–Trinajstić information content (AvgIpc) is 1.62. The van der Waals surface area contributed by atoms with Crippen molar-refractivity contribution in [2.24, 2.45) is 0 Å². The molecule has 0 amide bonds. The Bertz CT molecular complexity index is 6840. The predicted octanol–water partition coefficient (Wildman–Crippen LogP) is 30.4. The molecule has 3 aliphatic heterocycles. The first kappa shape index (κ1) is 79.8. The minimum absolute atomic E-state index is 0.00299. The number of hydrogen-bond donors (Lipinski definition) is 2. The third-order valence-electron chi connectivity index (χ3n) is 34.2. The van der Waals surface area contributed by atoms with Crippen LogP contribution in [0.5, 0.6) is 0 Å². The van der Waals surface area contributed by atoms with E-state index < -0.39 is 7.12 Å². The van der Waals surface area contributed by atoms with Crippen LogP contribution in [0.3, 0.4) is 0 Å². The summed E-state index contributed by atoms with van der Waals surface area (Å²) in [5.74, 6) is 0. The summed E-state index contributed by atoms with van der Waals surface area (Å²) in [5.41, 5.74) is 40.5. The number of para-hydroxylation sites is 3. The molecule has 6 atom stereocenters. The Morgan fingerprint density at radius 3 is 1.06 bits per heavy atom. The van der Waals surface area contributed by atoms with Gasteiger partial charge in [0.2, 0.25) is 0 Å². The van der Waals surface area contributed by atoms with Crippen molar-refractivity contribution in [1.82, 2.24) is 0 Å². The van der Waals surface area contributed by atoms with Crippen LogP contribution in [0.4, 0.5) is 34.1 Å². The van der Waals surface area contributed by atoms with Crippen LogP contribution in [0.15, 0.2) is 276 Å². The number of halogens is 2. The lowest BCUT2D eigenvalue weighted by Crippen LogP contribution is -2.54. The number of benzene rings is 14. The molecule has 620 valence electrons. The number of anilines is 6. The van der Waals surface area contributed by atoms with Crippen LogP contribution in [0.2, 0.25) is 0 Å². The van der Waals surface area contributed by atoms with E-state index in [0.29, 0.717) is 5.46 Å². The van der Waals surface area contributed by atoms with Crippen LogP contribution < -0.4 is 20.2 Å². The van der Waals surface area contributed by atoms with Gasteiger partial charge in [0.1, 0.15) is 0 Å². The average molecular weight is 1750 g/mol. The third-order valence-corrected chi connectivity index (χ3v) is 35.3. The molecule has 14 aromatic rings. The quantitative estimate of drug-likeness (QED) is 0.163. The van der Waals surface area contributed by atoms with Crippen molar-refractivity contribution in [2.75, 3.05) is 14.7 Å². The van der Waals surface area contributed by atoms with E-state index in [1.165, 1.54) is 252 Å². The lowest BCUT2D eigenvalue weighted by molar-refractivity contribution is 0.195. The second kappa shape index (κ2) is 27.7. The Morgan fingerprint density at radius 2 is 0.597 bits per heavy atom. The molecule has 0 aromatic heterocycles. The molecule has 14 aromatic carbocycles. The molecule has 3 saturated carbocycles. The SMILES string of the molecule is CC1(C)c2cc(-c3ccc4c(c3)C3(C)CCCCC3(C)N4c3ccccc3)ccc2-c2cc3c(cc21)C(C)(C)c1cc(-c2ccc4c(c2)C2(C)CCCCC2(C)N4c2ccccc2)c2ccccc2c1-3.CC1(C)c2cc(Br)ccc2-c2cc3c(cc21)C(C)(C)c1cc(Br)c2ccccc2c1-3.CC12CCCCC1(C)N(c1ccccc1)c1ccc(B(O)O)cc12. The van der Waals surface area contributed by atoms with Crippen LogP contribution in [-0.2, 0) is 37.9 Å². The highest BCUT2D eigenvalue weighted by Crippen LogP contribution is 2.67. The molecule has 0 saturated heterocycles. The Morgan fingerprint density at radius 1 is 0.258 bits per heavy atom. The number of nitrogens with zero attached hydrogens (tertiary/aromatic N) is 3. The van der Waals surface area contributed by atoms with Gasteiger partial charge in [-0.05, 0) is 323 Å². The van der Waals surface area contributed by atoms with E-state index >= 15 is 0 Å². The lowest BCUT2D eigenvalue weighted by atomic mass is 9.61. The molecule has 3 fully saturated rings. The Balaban J connectivity index is 0.000000137. The molecule has 8 heteroatoms. The molecule has 10 aliphatic rings. The number of hydrogen-bond acceptors (Lipinski definition) is 5. The Hall–Kier alpha value is -10.1. The smallest absolute Gasteiger partial charge is 0.423 e. The molecule has 24 rings (SSSR count). The molecule has 0 radical (unpaired) electrons. The van der Waals surface area contributed by atoms with E-state index in [4.69, 9.17) is 0 Å². The maximum absolute atomic E-state index is 9.62. The third kappa shape index (κ3) is 10.9. The summed E-state index contributed by atoms with van der Waals surface area (Å²) < 4.78 is 2.33. The molecule has 0 bridgehead atoms. The molecule has 6 unspecified atom stereocenters. The fourth-order valence-corrected chi connectivity index (χ4v) is 27.6. The Kier molecular flexibility index (Phi) is 17.8. The summed E-state index contributed by atoms with van der Waals surface area (Å²) in [4.78, 5) is 7.87. The molecule has 124 heavy (non-hydrogen) atoms. The summed E-state index contributed by atoms with van der Waals surface area (Å²) in [7, 11) is -1.42. The van der Waals surface area contributed by atoms with Gasteiger partial charge < -0.3 is 24.7 Å². The van der Waals surface area contributed by atoms with E-state index in [9.17, 15) is 10.0 Å². The molecule has 5 nitrogen and oxygen atoms in total. The van der Waals surface area contributed by atoms with Gasteiger partial charge in [0.05, 0.1) is 16.6 Å². The summed E-state index contributed by atoms with van der Waals surface area (Å²) in [5, 5.41) is 24.6. The highest BCUT2D eigenvalue weighted by Gasteiger charge is 2.61. The van der Waals surface area contributed by atoms with Gasteiger partial charge in [-0.25, -0.2) is 0 Å². The highest BCUT2D eigenvalue weighted by atomic mass is 79.9. The topological polar surface area (TPSA) is 50.2 Å². The van der Waals surface area contributed by atoms with Crippen molar-refractivity contribution in [2.45, 2.75) is 229 Å². The van der Waals surface area contributed by atoms with Gasteiger partial charge in [-0.15, -0.1) is 0 Å². The first-order valence-electron chi connectivity index (χ1n) is 45.9. The van der Waals surface area contributed by atoms with Gasteiger partial charge in [-0.3, -0.25) is 0 Å². The van der Waals surface area contributed by atoms with Crippen LogP contribution >= 0.6 is 31.9 Å². The first-order valence-corrected chi connectivity index (χ1v) is 47.4. The number of fused-ring (bicyclic) bond motifs is 25. The number of rotatable bonds is 6. The lowest BCUT2D eigenvalue weighted by Gasteiger charge is -2.50. The summed E-state index contributed by atoms with van der Waals surface area (Å²) in [6.45, 7) is 34.3. The van der Waals surface area contributed by atoms with Gasteiger partial charge >= 0.3 is 7.12 Å². The van der Waals surface area contributed by atoms with Crippen molar-refractivity contribution < 1.29 is 10.0 Å². The van der Waals surface area contributed by atoms with E-state index in [-0.39, 0.29) is 54.5 Å². The van der Waals surface area contributed by atoms with Gasteiger partial charge in [-0.1, -0.05) is 304 Å². The monoisotopic (exact) mass is 1750 g/mol. The first-order chi connectivity index (χ1) is 59.4. The zero-order valence-electron chi connectivity index (χ0n) is 74.5. The van der Waals surface area contributed by atoms with Crippen LogP contribution in [0, 0.1) is 0 Å². The molecule has 7 aliphatic carbocycles. The molecule has 3 heterocycles. The van der Waals surface area contributed by atoms with E-state index in [1.54, 1.807) is 0 Å². The minimum Gasteiger partial charge on any atom is -0.423 e. The molecule has 2 N–H and O–H groups in total. The zero-order chi connectivity index (χ0) is 85.7. The predicted molar refractivity (Wildman–Crippen MR) is 529 cm³/mol. The standard InChI is InChI=1S/C68H66N2.C28H22Br2.C20H24BNO2/c1-63(2)54-37-43(44-28-31-60-57(38-44)65(5)33-17-19-35-67(65,7)69(60)46-21-11-9-12-22-46)27-30-49(54)52-40-53-56(42-55(52)63)64(3,4)59-41-51(48-25-15-16-26-50(48)62(53)59)45-29-32-61-58(39-45)66(6)34-18-20-36-68(66,8)70(61)47-23-13-10-14-24-47;1-27(2)21-11-15(29)9-10-16(21)19-12-20-23(13-22(19)27)28(3,4)24-14-25(30)17-7-5-6-8-18(17)26(20)24;1-19-12-6-7-13-20(19,2)22(16-8-4-3-5-9-16)18-11-10-15(21(23)24)14-17(18)19/h9-16,21-32,37-42H,17-20,33-36H2,1-8H3;5-14H,1-4H3;3-5,8-11,14,23-24H,6-7,12-13H2,1-2H3. The van der Waals surface area contributed by atoms with Crippen LogP contribution in [0.25, 0.3) is 88.3 Å². The second-order valence-electron chi connectivity index (χ2n) is 41.6. The zero-order valence-corrected chi connectivity index (χ0v) is 77.6. The summed E-state index contributed by atoms with van der Waals surface area (Å²) in [6.07, 6.45) is 14.7. The van der Waals surface area contributed by atoms with Crippen LogP contribution in [-0.4, -0.2) is 33.8 Å². The fraction of sp³-hybridized carbons (Fsp3) is 0.310. The van der Waals surface area contributed by atoms with Crippen molar-refractivity contribution in [1.29, 1.82) is 0 Å². The van der Waals surface area contributed by atoms with Gasteiger partial charge in [0, 0.05) is 81.0 Å². The van der Waals surface area contributed by atoms with Crippen LogP contribution in [0.1, 0.15) is 235 Å². The van der Waals surface area contributed by atoms with E-state index in [0.717, 1.165) is 17.3 Å². The Labute approximate surface area is 751 Å². The minimum atomic E-state index is -1.42. The normalized spacial score (nSPS) is 24.2. The molecule has 0 spiro atoms. The van der Waals surface area contributed by atoms with Gasteiger partial charge in [0.15, 0.2) is 0 Å². The van der Waals surface area contributed by atoms with E-state index in [2.05, 4.69) is 392 Å². The highest BCUT2D eigenvalue weighted by molar-refractivity contribution is 9.11. The van der Waals surface area contributed by atoms with E-state index in [1.807, 2.05) is 18.2 Å². The van der Waals surface area contributed by atoms with Gasteiger partial charge in [-0.2, -0.15) is 0 Å². The van der Waals surface area contributed by atoms with Crippen molar-refractivity contribution in [3.8, 4) is 66.8 Å². The van der Waals surface area contributed by atoms with Gasteiger partial charge in [0.25, 0.3) is 0 Å². The van der Waals surface area contributed by atoms with Crippen molar-refractivity contribution >= 4 is 100 Å². The maximum atomic E-state index is 9.62. The maximum Gasteiger partial charge on any atom is 0.488 e. The largest absolute Gasteiger partial charge is 0.488 e. The summed E-state index contributed by atoms with van der Waals surface area (Å²) >= 11 is 7.53. The van der Waals surface area contributed by atoms with Crippen molar-refractivity contribution in [3.05, 3.63) is 337 Å².